The summed E-state index contributed by atoms with van der Waals surface area (Å²) in [5.74, 6) is 0.333. The Morgan fingerprint density at radius 3 is 2.41 bits per heavy atom. The molecule has 1 amide bonds. The molecule has 0 bridgehead atoms. The average Bonchev–Trinajstić information content (AvgIpc) is 2.97. The maximum atomic E-state index is 13.1. The first kappa shape index (κ1) is 25.1. The molecule has 0 unspecified atom stereocenters. The topological polar surface area (TPSA) is 153 Å². The van der Waals surface area contributed by atoms with E-state index < -0.39 is 17.9 Å². The van der Waals surface area contributed by atoms with Crippen LogP contribution in [0.25, 0.3) is 33.2 Å². The summed E-state index contributed by atoms with van der Waals surface area (Å²) in [5.41, 5.74) is 1.65. The number of nitrogens with one attached hydrogen (secondary N) is 1. The van der Waals surface area contributed by atoms with Gasteiger partial charge in [-0.25, -0.2) is 19.7 Å². The second kappa shape index (κ2) is 10.2. The maximum Gasteiger partial charge on any atom is 0.329 e. The molecular weight excluding hydrogens is 502 g/mol. The van der Waals surface area contributed by atoms with Crippen molar-refractivity contribution >= 4 is 33.8 Å². The lowest BCUT2D eigenvalue weighted by molar-refractivity contribution is -0.135. The van der Waals surface area contributed by atoms with Gasteiger partial charge in [0.1, 0.15) is 12.1 Å². The van der Waals surface area contributed by atoms with Crippen LogP contribution >= 0.6 is 0 Å². The molecule has 6 rings (SSSR count). The summed E-state index contributed by atoms with van der Waals surface area (Å²) in [4.78, 5) is 64.7. The number of amides is 1. The highest BCUT2D eigenvalue weighted by Gasteiger charge is 2.27. The van der Waals surface area contributed by atoms with E-state index in [1.54, 1.807) is 21.9 Å². The maximum absolute atomic E-state index is 13.1. The molecule has 0 aromatic carbocycles. The Morgan fingerprint density at radius 1 is 1.00 bits per heavy atom. The Morgan fingerprint density at radius 2 is 1.72 bits per heavy atom. The van der Waals surface area contributed by atoms with Crippen molar-refractivity contribution in [1.29, 1.82) is 0 Å². The largest absolute Gasteiger partial charge is 0.387 e. The van der Waals surface area contributed by atoms with E-state index in [2.05, 4.69) is 36.8 Å². The quantitative estimate of drug-likeness (QED) is 0.344. The van der Waals surface area contributed by atoms with Crippen LogP contribution in [0.1, 0.15) is 18.9 Å². The Hall–Kier alpha value is -4.23. The SMILES string of the molecule is CN1CCN(c2ncc(-c3ccc4ncc5c(=O)[nH]c(=O)n(C6CCN(C(=O)CO)CC6)c5c4n3)cn2)CC1. The second-order valence-corrected chi connectivity index (χ2v) is 10.0. The van der Waals surface area contributed by atoms with Crippen LogP contribution in [0.4, 0.5) is 5.95 Å². The van der Waals surface area contributed by atoms with Gasteiger partial charge in [0.25, 0.3) is 5.56 Å². The third-order valence-corrected chi connectivity index (χ3v) is 7.65. The monoisotopic (exact) mass is 531 g/mol. The van der Waals surface area contributed by atoms with Crippen LogP contribution in [0.5, 0.6) is 0 Å². The number of aromatic amines is 1. The van der Waals surface area contributed by atoms with Crippen molar-refractivity contribution in [2.75, 3.05) is 57.8 Å². The van der Waals surface area contributed by atoms with E-state index in [-0.39, 0.29) is 17.3 Å². The van der Waals surface area contributed by atoms with Crippen molar-refractivity contribution in [3.05, 3.63) is 51.6 Å². The molecular formula is C26H29N9O4. The number of piperidine rings is 1. The molecule has 13 heteroatoms. The fraction of sp³-hybridized carbons (Fsp3) is 0.423. The summed E-state index contributed by atoms with van der Waals surface area (Å²) in [5, 5.41) is 9.47. The molecule has 39 heavy (non-hydrogen) atoms. The Bertz CT molecular complexity index is 1650. The molecule has 202 valence electrons. The van der Waals surface area contributed by atoms with Crippen LogP contribution in [-0.2, 0) is 4.79 Å². The molecule has 2 N–H and O–H groups in total. The normalized spacial score (nSPS) is 17.3. The van der Waals surface area contributed by atoms with Crippen LogP contribution in [-0.4, -0.2) is 103 Å². The van der Waals surface area contributed by atoms with Gasteiger partial charge in [0.2, 0.25) is 11.9 Å². The van der Waals surface area contributed by atoms with Gasteiger partial charge >= 0.3 is 5.69 Å². The molecule has 4 aromatic heterocycles. The molecule has 2 saturated heterocycles. The number of aromatic nitrogens is 6. The van der Waals surface area contributed by atoms with E-state index in [9.17, 15) is 19.5 Å². The number of hydrogen-bond donors (Lipinski definition) is 2. The molecule has 2 fully saturated rings. The second-order valence-electron chi connectivity index (χ2n) is 10.0. The van der Waals surface area contributed by atoms with E-state index in [1.165, 1.54) is 6.20 Å². The minimum Gasteiger partial charge on any atom is -0.387 e. The highest BCUT2D eigenvalue weighted by molar-refractivity contribution is 6.01. The van der Waals surface area contributed by atoms with Crippen molar-refractivity contribution in [3.8, 4) is 11.3 Å². The first-order valence-electron chi connectivity index (χ1n) is 13.0. The van der Waals surface area contributed by atoms with Gasteiger partial charge in [0, 0.05) is 69.5 Å². The predicted molar refractivity (Wildman–Crippen MR) is 145 cm³/mol. The molecule has 0 radical (unpaired) electrons. The number of fused-ring (bicyclic) bond motifs is 3. The van der Waals surface area contributed by atoms with Gasteiger partial charge in [-0.15, -0.1) is 0 Å². The molecule has 2 aliphatic rings. The Labute approximate surface area is 222 Å². The van der Waals surface area contributed by atoms with Gasteiger partial charge in [-0.3, -0.25) is 24.1 Å². The zero-order valence-electron chi connectivity index (χ0n) is 21.6. The first-order valence-corrected chi connectivity index (χ1v) is 13.0. The zero-order valence-corrected chi connectivity index (χ0v) is 21.6. The average molecular weight is 532 g/mol. The number of carbonyl (C=O) groups excluding carboxylic acids is 1. The van der Waals surface area contributed by atoms with Gasteiger partial charge in [-0.05, 0) is 32.0 Å². The third-order valence-electron chi connectivity index (χ3n) is 7.65. The van der Waals surface area contributed by atoms with Crippen LogP contribution in [0.2, 0.25) is 0 Å². The van der Waals surface area contributed by atoms with E-state index in [1.807, 2.05) is 12.1 Å². The van der Waals surface area contributed by atoms with Crippen molar-refractivity contribution in [1.82, 2.24) is 39.3 Å². The molecule has 0 atom stereocenters. The zero-order chi connectivity index (χ0) is 27.1. The summed E-state index contributed by atoms with van der Waals surface area (Å²) in [6, 6.07) is 3.37. The number of nitrogens with zero attached hydrogens (tertiary/aromatic N) is 8. The number of piperazine rings is 1. The number of likely N-dealkylation sites (N-methyl/N-ethyl adjacent to an activating group) is 1. The Balaban J connectivity index is 1.40. The molecule has 0 saturated carbocycles. The number of pyridine rings is 2. The molecule has 0 aliphatic carbocycles. The van der Waals surface area contributed by atoms with Crippen LogP contribution < -0.4 is 16.1 Å². The highest BCUT2D eigenvalue weighted by atomic mass is 16.3. The number of carbonyl (C=O) groups is 1. The Kier molecular flexibility index (Phi) is 6.53. The minimum atomic E-state index is -0.546. The molecule has 6 heterocycles. The first-order chi connectivity index (χ1) is 18.9. The lowest BCUT2D eigenvalue weighted by Gasteiger charge is -2.33. The fourth-order valence-electron chi connectivity index (χ4n) is 5.40. The number of aliphatic hydroxyl groups is 1. The lowest BCUT2D eigenvalue weighted by Crippen LogP contribution is -2.45. The summed E-state index contributed by atoms with van der Waals surface area (Å²) in [6.07, 6.45) is 5.93. The van der Waals surface area contributed by atoms with Gasteiger partial charge in [-0.2, -0.15) is 0 Å². The number of anilines is 1. The lowest BCUT2D eigenvalue weighted by atomic mass is 10.0. The van der Waals surface area contributed by atoms with Gasteiger partial charge in [-0.1, -0.05) is 0 Å². The van der Waals surface area contributed by atoms with Gasteiger partial charge in [0.05, 0.1) is 22.1 Å². The van der Waals surface area contributed by atoms with Crippen LogP contribution in [0.3, 0.4) is 0 Å². The van der Waals surface area contributed by atoms with Crippen molar-refractivity contribution in [2.24, 2.45) is 0 Å². The van der Waals surface area contributed by atoms with Gasteiger partial charge < -0.3 is 19.8 Å². The van der Waals surface area contributed by atoms with E-state index in [4.69, 9.17) is 4.98 Å². The molecule has 4 aromatic rings. The van der Waals surface area contributed by atoms with E-state index >= 15 is 0 Å². The standard InChI is InChI=1S/C26H29N9O4/c1-32-8-10-34(11-9-32)25-28-12-16(13-29-25)19-2-3-20-22(30-19)23-18(14-27-20)24(38)31-26(39)35(23)17-4-6-33(7-5-17)21(37)15-36/h2-3,12-14,17,36H,4-11,15H2,1H3,(H,31,38,39). The third kappa shape index (κ3) is 4.63. The summed E-state index contributed by atoms with van der Waals surface area (Å²) >= 11 is 0. The van der Waals surface area contributed by atoms with Crippen LogP contribution in [0, 0.1) is 0 Å². The van der Waals surface area contributed by atoms with Crippen LogP contribution in [0.15, 0.2) is 40.3 Å². The molecule has 0 spiro atoms. The van der Waals surface area contributed by atoms with E-state index in [0.717, 1.165) is 26.2 Å². The molecule has 2 aliphatic heterocycles. The van der Waals surface area contributed by atoms with Crippen molar-refractivity contribution in [3.63, 3.8) is 0 Å². The summed E-state index contributed by atoms with van der Waals surface area (Å²) < 4.78 is 1.57. The smallest absolute Gasteiger partial charge is 0.329 e. The number of rotatable bonds is 4. The van der Waals surface area contributed by atoms with Crippen molar-refractivity contribution in [2.45, 2.75) is 18.9 Å². The summed E-state index contributed by atoms with van der Waals surface area (Å²) in [6.45, 7) is 3.88. The van der Waals surface area contributed by atoms with E-state index in [0.29, 0.717) is 59.7 Å². The number of H-pyrrole nitrogens is 1. The van der Waals surface area contributed by atoms with Gasteiger partial charge in [0.15, 0.2) is 0 Å². The highest BCUT2D eigenvalue weighted by Crippen LogP contribution is 2.29. The number of aliphatic hydroxyl groups excluding tert-OH is 1. The number of likely N-dealkylation sites (tertiary alicyclic amines) is 1. The minimum absolute atomic E-state index is 0.262. The number of hydrogen-bond acceptors (Lipinski definition) is 10. The molecule has 13 nitrogen and oxygen atoms in total. The predicted octanol–water partition coefficient (Wildman–Crippen LogP) is -0.00240. The fourth-order valence-corrected chi connectivity index (χ4v) is 5.40. The summed E-state index contributed by atoms with van der Waals surface area (Å²) in [7, 11) is 2.10. The van der Waals surface area contributed by atoms with Crippen molar-refractivity contribution < 1.29 is 9.90 Å².